The Morgan fingerprint density at radius 2 is 2.04 bits per heavy atom. The molecule has 6 heteroatoms. The molecule has 2 aliphatic heterocycles. The highest BCUT2D eigenvalue weighted by Crippen LogP contribution is 2.28. The van der Waals surface area contributed by atoms with Crippen molar-refractivity contribution in [2.45, 2.75) is 26.2 Å². The van der Waals surface area contributed by atoms with Crippen molar-refractivity contribution in [1.29, 1.82) is 0 Å². The van der Waals surface area contributed by atoms with Crippen molar-refractivity contribution in [3.8, 4) is 5.75 Å². The van der Waals surface area contributed by atoms with E-state index in [0.29, 0.717) is 37.7 Å². The number of rotatable bonds is 5. The molecule has 142 valence electrons. The number of anilines is 1. The van der Waals surface area contributed by atoms with Crippen molar-refractivity contribution in [2.75, 3.05) is 51.3 Å². The lowest BCUT2D eigenvalue weighted by Gasteiger charge is -2.35. The van der Waals surface area contributed by atoms with Gasteiger partial charge in [0.2, 0.25) is 11.8 Å². The van der Waals surface area contributed by atoms with Crippen LogP contribution in [0.15, 0.2) is 24.3 Å². The van der Waals surface area contributed by atoms with Crippen LogP contribution in [-0.4, -0.2) is 68.0 Å². The lowest BCUT2D eigenvalue weighted by Crippen LogP contribution is -2.51. The van der Waals surface area contributed by atoms with Gasteiger partial charge in [-0.15, -0.1) is 0 Å². The number of para-hydroxylation sites is 2. The third-order valence-electron chi connectivity index (χ3n) is 5.33. The van der Waals surface area contributed by atoms with E-state index in [9.17, 15) is 9.59 Å². The summed E-state index contributed by atoms with van der Waals surface area (Å²) in [7, 11) is 1.62. The topological polar surface area (TPSA) is 53.1 Å². The van der Waals surface area contributed by atoms with Crippen LogP contribution in [0.1, 0.15) is 26.2 Å². The Hall–Kier alpha value is -2.08. The number of hydrogen-bond donors (Lipinski definition) is 0. The SMILES string of the molecule is COc1ccccc1N1CCN(CCC(=O)N2CCC[C@H](C)C2)CC1=O. The predicted molar refractivity (Wildman–Crippen MR) is 101 cm³/mol. The summed E-state index contributed by atoms with van der Waals surface area (Å²) in [5.74, 6) is 1.58. The smallest absolute Gasteiger partial charge is 0.241 e. The summed E-state index contributed by atoms with van der Waals surface area (Å²) in [4.78, 5) is 30.9. The second-order valence-electron chi connectivity index (χ2n) is 7.33. The van der Waals surface area contributed by atoms with E-state index in [4.69, 9.17) is 4.74 Å². The fourth-order valence-electron chi connectivity index (χ4n) is 3.85. The van der Waals surface area contributed by atoms with E-state index >= 15 is 0 Å². The minimum absolute atomic E-state index is 0.0554. The molecule has 1 aromatic rings. The normalized spacial score (nSPS) is 21.8. The van der Waals surface area contributed by atoms with Gasteiger partial charge in [0.05, 0.1) is 19.3 Å². The van der Waals surface area contributed by atoms with E-state index in [1.54, 1.807) is 12.0 Å². The summed E-state index contributed by atoms with van der Waals surface area (Å²) in [6.45, 7) is 6.34. The molecule has 0 aliphatic carbocycles. The van der Waals surface area contributed by atoms with Gasteiger partial charge in [0, 0.05) is 39.1 Å². The number of carbonyl (C=O) groups is 2. The predicted octanol–water partition coefficient (Wildman–Crippen LogP) is 1.99. The lowest BCUT2D eigenvalue weighted by atomic mass is 10.00. The summed E-state index contributed by atoms with van der Waals surface area (Å²) >= 11 is 0. The average Bonchev–Trinajstić information content (AvgIpc) is 2.66. The van der Waals surface area contributed by atoms with Crippen molar-refractivity contribution < 1.29 is 14.3 Å². The standard InChI is InChI=1S/C20H29N3O3/c1-16-6-5-10-22(14-16)19(24)9-11-21-12-13-23(20(25)15-21)17-7-3-4-8-18(17)26-2/h3-4,7-8,16H,5-6,9-15H2,1-2H3/t16-/m0/s1. The Bertz CT molecular complexity index is 649. The van der Waals surface area contributed by atoms with Crippen LogP contribution < -0.4 is 9.64 Å². The van der Waals surface area contributed by atoms with Gasteiger partial charge in [0.1, 0.15) is 5.75 Å². The first-order chi connectivity index (χ1) is 12.6. The molecule has 0 bridgehead atoms. The maximum Gasteiger partial charge on any atom is 0.241 e. The molecule has 2 fully saturated rings. The number of benzene rings is 1. The zero-order valence-electron chi connectivity index (χ0n) is 15.8. The molecule has 3 rings (SSSR count). The number of hydrogen-bond acceptors (Lipinski definition) is 4. The molecule has 0 radical (unpaired) electrons. The second kappa shape index (κ2) is 8.54. The summed E-state index contributed by atoms with van der Waals surface area (Å²) in [5, 5.41) is 0. The van der Waals surface area contributed by atoms with Gasteiger partial charge in [0.25, 0.3) is 0 Å². The molecule has 0 spiro atoms. The fraction of sp³-hybridized carbons (Fsp3) is 0.600. The number of likely N-dealkylation sites (tertiary alicyclic amines) is 1. The number of piperazine rings is 1. The summed E-state index contributed by atoms with van der Waals surface area (Å²) < 4.78 is 5.37. The van der Waals surface area contributed by atoms with E-state index in [0.717, 1.165) is 31.7 Å². The monoisotopic (exact) mass is 359 g/mol. The van der Waals surface area contributed by atoms with Gasteiger partial charge in [-0.05, 0) is 30.9 Å². The van der Waals surface area contributed by atoms with Crippen LogP contribution in [0.25, 0.3) is 0 Å². The largest absolute Gasteiger partial charge is 0.495 e. The van der Waals surface area contributed by atoms with Crippen molar-refractivity contribution in [1.82, 2.24) is 9.80 Å². The molecule has 0 aromatic heterocycles. The van der Waals surface area contributed by atoms with E-state index in [2.05, 4.69) is 11.8 Å². The van der Waals surface area contributed by atoms with Gasteiger partial charge in [-0.2, -0.15) is 0 Å². The van der Waals surface area contributed by atoms with E-state index in [1.165, 1.54) is 6.42 Å². The van der Waals surface area contributed by atoms with Crippen LogP contribution >= 0.6 is 0 Å². The first-order valence-corrected chi connectivity index (χ1v) is 9.52. The Labute approximate surface area is 155 Å². The average molecular weight is 359 g/mol. The molecule has 6 nitrogen and oxygen atoms in total. The molecule has 0 unspecified atom stereocenters. The molecule has 1 atom stereocenters. The van der Waals surface area contributed by atoms with Crippen LogP contribution in [0.5, 0.6) is 5.75 Å². The first-order valence-electron chi connectivity index (χ1n) is 9.52. The zero-order valence-corrected chi connectivity index (χ0v) is 15.8. The highest BCUT2D eigenvalue weighted by Gasteiger charge is 2.28. The van der Waals surface area contributed by atoms with Gasteiger partial charge in [0.15, 0.2) is 0 Å². The molecule has 26 heavy (non-hydrogen) atoms. The third-order valence-corrected chi connectivity index (χ3v) is 5.33. The number of carbonyl (C=O) groups excluding carboxylic acids is 2. The molecular weight excluding hydrogens is 330 g/mol. The maximum atomic E-state index is 12.6. The first kappa shape index (κ1) is 18.7. The number of nitrogens with zero attached hydrogens (tertiary/aromatic N) is 3. The molecule has 2 aliphatic rings. The fourth-order valence-corrected chi connectivity index (χ4v) is 3.85. The second-order valence-corrected chi connectivity index (χ2v) is 7.33. The molecule has 2 amide bonds. The molecule has 0 N–H and O–H groups in total. The number of piperidine rings is 1. The Balaban J connectivity index is 1.51. The Morgan fingerprint density at radius 1 is 1.23 bits per heavy atom. The van der Waals surface area contributed by atoms with Gasteiger partial charge in [-0.1, -0.05) is 19.1 Å². The molecule has 1 aromatic carbocycles. The van der Waals surface area contributed by atoms with E-state index in [-0.39, 0.29) is 11.8 Å². The minimum atomic E-state index is 0.0554. The zero-order chi connectivity index (χ0) is 18.5. The van der Waals surface area contributed by atoms with Crippen LogP contribution in [0.2, 0.25) is 0 Å². The molecular formula is C20H29N3O3. The van der Waals surface area contributed by atoms with Gasteiger partial charge in [-0.25, -0.2) is 0 Å². The van der Waals surface area contributed by atoms with Crippen molar-refractivity contribution >= 4 is 17.5 Å². The van der Waals surface area contributed by atoms with E-state index < -0.39 is 0 Å². The number of ether oxygens (including phenoxy) is 1. The minimum Gasteiger partial charge on any atom is -0.495 e. The van der Waals surface area contributed by atoms with Crippen LogP contribution in [0.3, 0.4) is 0 Å². The molecule has 0 saturated carbocycles. The quantitative estimate of drug-likeness (QED) is 0.807. The summed E-state index contributed by atoms with van der Waals surface area (Å²) in [6, 6.07) is 7.59. The summed E-state index contributed by atoms with van der Waals surface area (Å²) in [5.41, 5.74) is 0.818. The number of methoxy groups -OCH3 is 1. The number of amides is 2. The van der Waals surface area contributed by atoms with Crippen LogP contribution in [-0.2, 0) is 9.59 Å². The van der Waals surface area contributed by atoms with Crippen molar-refractivity contribution in [2.24, 2.45) is 5.92 Å². The molecule has 2 heterocycles. The maximum absolute atomic E-state index is 12.6. The van der Waals surface area contributed by atoms with Gasteiger partial charge >= 0.3 is 0 Å². The van der Waals surface area contributed by atoms with Crippen molar-refractivity contribution in [3.63, 3.8) is 0 Å². The van der Waals surface area contributed by atoms with Gasteiger partial charge < -0.3 is 14.5 Å². The van der Waals surface area contributed by atoms with E-state index in [1.807, 2.05) is 29.2 Å². The Kier molecular flexibility index (Phi) is 6.14. The Morgan fingerprint density at radius 3 is 2.77 bits per heavy atom. The highest BCUT2D eigenvalue weighted by atomic mass is 16.5. The highest BCUT2D eigenvalue weighted by molar-refractivity contribution is 5.97. The van der Waals surface area contributed by atoms with Crippen LogP contribution in [0, 0.1) is 5.92 Å². The van der Waals surface area contributed by atoms with Crippen molar-refractivity contribution in [3.05, 3.63) is 24.3 Å². The summed E-state index contributed by atoms with van der Waals surface area (Å²) in [6.07, 6.45) is 2.81. The van der Waals surface area contributed by atoms with Crippen LogP contribution in [0.4, 0.5) is 5.69 Å². The lowest BCUT2D eigenvalue weighted by molar-refractivity contribution is -0.133. The third kappa shape index (κ3) is 4.36. The molecule has 2 saturated heterocycles. The van der Waals surface area contributed by atoms with Gasteiger partial charge in [-0.3, -0.25) is 14.5 Å².